The number of nitrogens with one attached hydrogen (secondary N) is 1. The van der Waals surface area contributed by atoms with Gasteiger partial charge in [0.25, 0.3) is 0 Å². The number of likely N-dealkylation sites (N-methyl/N-ethyl adjacent to an activating group) is 1. The Morgan fingerprint density at radius 1 is 1.17 bits per heavy atom. The smallest absolute Gasteiger partial charge is 0.224 e. The number of carbonyl (C=O) groups is 1. The molecular weight excluding hydrogens is 364 g/mol. The second-order valence-corrected chi connectivity index (χ2v) is 6.94. The molecule has 29 heavy (non-hydrogen) atoms. The van der Waals surface area contributed by atoms with E-state index in [0.29, 0.717) is 18.2 Å². The van der Waals surface area contributed by atoms with Crippen LogP contribution in [0.4, 0.5) is 0 Å². The predicted octanol–water partition coefficient (Wildman–Crippen LogP) is 3.57. The van der Waals surface area contributed by atoms with Crippen molar-refractivity contribution in [3.8, 4) is 17.0 Å². The minimum atomic E-state index is -0.0234. The van der Waals surface area contributed by atoms with Crippen LogP contribution in [0.2, 0.25) is 0 Å². The maximum atomic E-state index is 11.9. The fourth-order valence-electron chi connectivity index (χ4n) is 3.23. The highest BCUT2D eigenvalue weighted by molar-refractivity contribution is 5.79. The van der Waals surface area contributed by atoms with Gasteiger partial charge in [0, 0.05) is 36.3 Å². The molecule has 1 N–H and O–H groups in total. The molecule has 0 saturated heterocycles. The van der Waals surface area contributed by atoms with Crippen LogP contribution in [-0.2, 0) is 17.6 Å². The summed E-state index contributed by atoms with van der Waals surface area (Å²) in [6.07, 6.45) is 8.28. The molecule has 1 unspecified atom stereocenters. The number of methoxy groups -OCH3 is 1. The van der Waals surface area contributed by atoms with E-state index >= 15 is 0 Å². The van der Waals surface area contributed by atoms with E-state index in [9.17, 15) is 4.79 Å². The molecule has 1 amide bonds. The molecule has 1 atom stereocenters. The van der Waals surface area contributed by atoms with Gasteiger partial charge >= 0.3 is 0 Å². The van der Waals surface area contributed by atoms with Crippen molar-refractivity contribution >= 4 is 5.91 Å². The van der Waals surface area contributed by atoms with E-state index in [1.54, 1.807) is 25.7 Å². The Hall–Kier alpha value is -3.28. The van der Waals surface area contributed by atoms with Crippen molar-refractivity contribution in [2.45, 2.75) is 32.6 Å². The lowest BCUT2D eigenvalue weighted by Gasteiger charge is -2.13. The molecule has 0 radical (unpaired) electrons. The molecule has 6 nitrogen and oxygen atoms in total. The monoisotopic (exact) mass is 390 g/mol. The molecule has 0 saturated carbocycles. The first-order chi connectivity index (χ1) is 14.1. The SMILES string of the molecule is CCNC(=O)Cc1ccc(-c2cncc(CC(C)c3cccnc3)n2)cc1OC. The van der Waals surface area contributed by atoms with Crippen LogP contribution in [0.5, 0.6) is 5.75 Å². The molecule has 0 spiro atoms. The molecule has 0 bridgehead atoms. The van der Waals surface area contributed by atoms with Gasteiger partial charge in [-0.15, -0.1) is 0 Å². The first-order valence-corrected chi connectivity index (χ1v) is 9.75. The maximum absolute atomic E-state index is 11.9. The largest absolute Gasteiger partial charge is 0.496 e. The summed E-state index contributed by atoms with van der Waals surface area (Å²) >= 11 is 0. The minimum Gasteiger partial charge on any atom is -0.496 e. The number of nitrogens with zero attached hydrogens (tertiary/aromatic N) is 3. The van der Waals surface area contributed by atoms with E-state index < -0.39 is 0 Å². The summed E-state index contributed by atoms with van der Waals surface area (Å²) in [7, 11) is 1.61. The highest BCUT2D eigenvalue weighted by Crippen LogP contribution is 2.27. The molecule has 0 aliphatic heterocycles. The molecule has 6 heteroatoms. The van der Waals surface area contributed by atoms with E-state index in [4.69, 9.17) is 9.72 Å². The fraction of sp³-hybridized carbons (Fsp3) is 0.304. The lowest BCUT2D eigenvalue weighted by Crippen LogP contribution is -2.24. The number of pyridine rings is 1. The number of aromatic nitrogens is 3. The number of hydrogen-bond acceptors (Lipinski definition) is 5. The van der Waals surface area contributed by atoms with Gasteiger partial charge < -0.3 is 10.1 Å². The van der Waals surface area contributed by atoms with Crippen molar-refractivity contribution in [2.75, 3.05) is 13.7 Å². The van der Waals surface area contributed by atoms with Crippen molar-refractivity contribution in [3.05, 3.63) is 71.9 Å². The van der Waals surface area contributed by atoms with Crippen LogP contribution in [0.1, 0.15) is 36.6 Å². The number of carbonyl (C=O) groups excluding carboxylic acids is 1. The van der Waals surface area contributed by atoms with Gasteiger partial charge in [-0.1, -0.05) is 25.1 Å². The minimum absolute atomic E-state index is 0.0234. The molecule has 3 rings (SSSR count). The maximum Gasteiger partial charge on any atom is 0.224 e. The standard InChI is InChI=1S/C23H26N4O2/c1-4-26-23(28)12-18-8-7-17(11-22(18)29-3)21-15-25-14-20(27-21)10-16(2)19-6-5-9-24-13-19/h5-9,11,13-16H,4,10,12H2,1-3H3,(H,26,28). The molecule has 0 aliphatic carbocycles. The lowest BCUT2D eigenvalue weighted by atomic mass is 9.98. The Morgan fingerprint density at radius 3 is 2.76 bits per heavy atom. The van der Waals surface area contributed by atoms with Crippen molar-refractivity contribution in [3.63, 3.8) is 0 Å². The van der Waals surface area contributed by atoms with Crippen LogP contribution in [0.25, 0.3) is 11.3 Å². The first-order valence-electron chi connectivity index (χ1n) is 9.75. The van der Waals surface area contributed by atoms with Crippen LogP contribution in [0.15, 0.2) is 55.1 Å². The molecule has 0 aliphatic rings. The molecule has 2 aromatic heterocycles. The van der Waals surface area contributed by atoms with E-state index in [1.807, 2.05) is 37.4 Å². The van der Waals surface area contributed by atoms with Crippen LogP contribution in [0, 0.1) is 0 Å². The highest BCUT2D eigenvalue weighted by atomic mass is 16.5. The quantitative estimate of drug-likeness (QED) is 0.636. The van der Waals surface area contributed by atoms with Crippen LogP contribution in [-0.4, -0.2) is 34.5 Å². The molecule has 1 aromatic carbocycles. The third kappa shape index (κ3) is 5.38. The zero-order valence-corrected chi connectivity index (χ0v) is 17.1. The molecule has 3 aromatic rings. The van der Waals surface area contributed by atoms with Gasteiger partial charge in [0.05, 0.1) is 31.1 Å². The number of ether oxygens (including phenoxy) is 1. The third-order valence-electron chi connectivity index (χ3n) is 4.76. The second kappa shape index (κ2) is 9.78. The van der Waals surface area contributed by atoms with Gasteiger partial charge in [-0.25, -0.2) is 4.98 Å². The Balaban J connectivity index is 1.80. The van der Waals surface area contributed by atoms with Gasteiger partial charge in [-0.05, 0) is 37.0 Å². The summed E-state index contributed by atoms with van der Waals surface area (Å²) in [5, 5.41) is 2.81. The molecule has 0 fully saturated rings. The predicted molar refractivity (Wildman–Crippen MR) is 113 cm³/mol. The van der Waals surface area contributed by atoms with Crippen molar-refractivity contribution in [1.29, 1.82) is 0 Å². The van der Waals surface area contributed by atoms with E-state index in [1.165, 1.54) is 5.56 Å². The average molecular weight is 390 g/mol. The normalized spacial score (nSPS) is 11.7. The van der Waals surface area contributed by atoms with Gasteiger partial charge in [0.2, 0.25) is 5.91 Å². The zero-order valence-electron chi connectivity index (χ0n) is 17.1. The number of rotatable bonds is 8. The van der Waals surface area contributed by atoms with E-state index in [-0.39, 0.29) is 12.3 Å². The Morgan fingerprint density at radius 2 is 2.03 bits per heavy atom. The number of benzene rings is 1. The number of hydrogen-bond donors (Lipinski definition) is 1. The van der Waals surface area contributed by atoms with Gasteiger partial charge in [0.15, 0.2) is 0 Å². The summed E-state index contributed by atoms with van der Waals surface area (Å²) in [5.74, 6) is 0.941. The third-order valence-corrected chi connectivity index (χ3v) is 4.76. The number of amides is 1. The van der Waals surface area contributed by atoms with Crippen LogP contribution >= 0.6 is 0 Å². The molecule has 150 valence electrons. The van der Waals surface area contributed by atoms with Gasteiger partial charge in [-0.3, -0.25) is 14.8 Å². The van der Waals surface area contributed by atoms with Gasteiger partial charge in [0.1, 0.15) is 5.75 Å². The molecular formula is C23H26N4O2. The van der Waals surface area contributed by atoms with E-state index in [2.05, 4.69) is 28.3 Å². The van der Waals surface area contributed by atoms with Crippen molar-refractivity contribution in [2.24, 2.45) is 0 Å². The van der Waals surface area contributed by atoms with Crippen molar-refractivity contribution in [1.82, 2.24) is 20.3 Å². The molecule has 2 heterocycles. The second-order valence-electron chi connectivity index (χ2n) is 6.94. The van der Waals surface area contributed by atoms with Crippen molar-refractivity contribution < 1.29 is 9.53 Å². The van der Waals surface area contributed by atoms with E-state index in [0.717, 1.165) is 28.9 Å². The van der Waals surface area contributed by atoms with Gasteiger partial charge in [-0.2, -0.15) is 0 Å². The lowest BCUT2D eigenvalue weighted by molar-refractivity contribution is -0.120. The summed E-state index contributed by atoms with van der Waals surface area (Å²) in [5.41, 5.74) is 4.63. The van der Waals surface area contributed by atoms with Crippen LogP contribution in [0.3, 0.4) is 0 Å². The topological polar surface area (TPSA) is 77.0 Å². The Kier molecular flexibility index (Phi) is 6.89. The Bertz CT molecular complexity index is 960. The summed E-state index contributed by atoms with van der Waals surface area (Å²) in [6.45, 7) is 4.67. The summed E-state index contributed by atoms with van der Waals surface area (Å²) in [6, 6.07) is 9.80. The highest BCUT2D eigenvalue weighted by Gasteiger charge is 2.12. The Labute approximate surface area is 171 Å². The summed E-state index contributed by atoms with van der Waals surface area (Å²) < 4.78 is 5.50. The zero-order chi connectivity index (χ0) is 20.6. The first kappa shape index (κ1) is 20.5. The fourth-order valence-corrected chi connectivity index (χ4v) is 3.23. The summed E-state index contributed by atoms with van der Waals surface area (Å²) in [4.78, 5) is 25.3. The average Bonchev–Trinajstić information content (AvgIpc) is 2.75. The van der Waals surface area contributed by atoms with Crippen LogP contribution < -0.4 is 10.1 Å².